The number of aliphatic hydroxyl groups is 1. The molecule has 0 unspecified atom stereocenters. The molecule has 3 saturated heterocycles. The zero-order valence-corrected chi connectivity index (χ0v) is 52.0. The Morgan fingerprint density at radius 3 is 1.02 bits per heavy atom. The Bertz CT molecular complexity index is 3350. The maximum absolute atomic E-state index is 13.3. The quantitative estimate of drug-likeness (QED) is 0.0421. The summed E-state index contributed by atoms with van der Waals surface area (Å²) in [4.78, 5) is 13.3. The van der Waals surface area contributed by atoms with Crippen molar-refractivity contribution in [3.63, 3.8) is 0 Å². The molecule has 8 aromatic carbocycles. The normalized spacial score (nSPS) is 26.4. The van der Waals surface area contributed by atoms with Gasteiger partial charge in [0.2, 0.25) is 5.91 Å². The number of ether oxygens (including phenoxy) is 13. The van der Waals surface area contributed by atoms with Crippen LogP contribution >= 0.6 is 0 Å². The molecular formula is C76H83NO15. The van der Waals surface area contributed by atoms with Crippen LogP contribution in [0.5, 0.6) is 0 Å². The highest BCUT2D eigenvalue weighted by atomic mass is 16.8. The van der Waals surface area contributed by atoms with Gasteiger partial charge in [0.15, 0.2) is 18.9 Å². The number of rotatable bonds is 31. The summed E-state index contributed by atoms with van der Waals surface area (Å²) in [6, 6.07) is 77.7. The summed E-state index contributed by atoms with van der Waals surface area (Å²) in [5, 5.41) is 15.0. The maximum Gasteiger partial charge on any atom is 0.217 e. The van der Waals surface area contributed by atoms with Gasteiger partial charge in [0.1, 0.15) is 67.1 Å². The van der Waals surface area contributed by atoms with Crippen LogP contribution in [0.15, 0.2) is 243 Å². The van der Waals surface area contributed by atoms with Crippen LogP contribution in [0.2, 0.25) is 0 Å². The highest BCUT2D eigenvalue weighted by Gasteiger charge is 2.57. The molecule has 3 aliphatic heterocycles. The van der Waals surface area contributed by atoms with Gasteiger partial charge in [-0.3, -0.25) is 4.79 Å². The summed E-state index contributed by atoms with van der Waals surface area (Å²) in [6.45, 7) is 4.66. The molecule has 15 atom stereocenters. The van der Waals surface area contributed by atoms with Crippen LogP contribution in [0, 0.1) is 0 Å². The first-order valence-electron chi connectivity index (χ1n) is 31.7. The Hall–Kier alpha value is -7.33. The van der Waals surface area contributed by atoms with Crippen molar-refractivity contribution in [1.82, 2.24) is 5.32 Å². The SMILES string of the molecule is CC(=O)N[C@H]1[C@H](OCc2ccccc2)[C@@H](O[C@H]2O[C@@H](COCc3ccccc3)[C@@H](OCc3ccccc3)[C@@H](OCc3ccccc3)[C@@H]2O[C@H]2O[C@H](C)[C@H](OCc3ccccc3)[C@H](OCc3ccccc3)[C@H]2OCc2ccccc2)[C@H](COCc2ccccc2)O[C@@H]1O. The number of carbonyl (C=O) groups is 1. The molecule has 8 aromatic rings. The number of amides is 1. The highest BCUT2D eigenvalue weighted by Crippen LogP contribution is 2.39. The Kier molecular flexibility index (Phi) is 24.8. The van der Waals surface area contributed by atoms with Crippen LogP contribution in [0.3, 0.4) is 0 Å². The minimum atomic E-state index is -1.56. The third-order valence-corrected chi connectivity index (χ3v) is 16.4. The first kappa shape index (κ1) is 66.1. The van der Waals surface area contributed by atoms with E-state index >= 15 is 0 Å². The first-order chi connectivity index (χ1) is 45.3. The van der Waals surface area contributed by atoms with E-state index in [1.165, 1.54) is 6.92 Å². The Morgan fingerprint density at radius 2 is 0.641 bits per heavy atom. The van der Waals surface area contributed by atoms with Crippen LogP contribution < -0.4 is 5.32 Å². The summed E-state index contributed by atoms with van der Waals surface area (Å²) in [5.41, 5.74) is 7.32. The molecule has 3 heterocycles. The molecule has 11 rings (SSSR count). The van der Waals surface area contributed by atoms with Gasteiger partial charge in [-0.15, -0.1) is 0 Å². The number of nitrogens with one attached hydrogen (secondary N) is 1. The molecule has 2 N–H and O–H groups in total. The summed E-state index contributed by atoms with van der Waals surface area (Å²) < 4.78 is 92.2. The Morgan fingerprint density at radius 1 is 0.348 bits per heavy atom. The fourth-order valence-corrected chi connectivity index (χ4v) is 11.8. The van der Waals surface area contributed by atoms with Crippen LogP contribution in [0.1, 0.15) is 58.4 Å². The molecule has 0 bridgehead atoms. The van der Waals surface area contributed by atoms with Crippen molar-refractivity contribution in [3.05, 3.63) is 287 Å². The lowest BCUT2D eigenvalue weighted by Crippen LogP contribution is -2.69. The van der Waals surface area contributed by atoms with Gasteiger partial charge in [0.05, 0.1) is 72.2 Å². The lowest BCUT2D eigenvalue weighted by atomic mass is 9.94. The van der Waals surface area contributed by atoms with Crippen LogP contribution in [0.4, 0.5) is 0 Å². The van der Waals surface area contributed by atoms with Gasteiger partial charge in [-0.2, -0.15) is 0 Å². The largest absolute Gasteiger partial charge is 0.374 e. The number of aliphatic hydroxyl groups excluding tert-OH is 1. The Balaban J connectivity index is 1.03. The molecule has 0 spiro atoms. The molecule has 0 saturated carbocycles. The van der Waals surface area contributed by atoms with Crippen LogP contribution in [-0.2, 0) is 119 Å². The summed E-state index contributed by atoms with van der Waals surface area (Å²) >= 11 is 0. The second-order valence-corrected chi connectivity index (χ2v) is 23.3. The maximum atomic E-state index is 13.3. The lowest BCUT2D eigenvalue weighted by Gasteiger charge is -2.51. The lowest BCUT2D eigenvalue weighted by molar-refractivity contribution is -0.395. The van der Waals surface area contributed by atoms with E-state index in [2.05, 4.69) is 5.32 Å². The molecule has 16 nitrogen and oxygen atoms in total. The van der Waals surface area contributed by atoms with Crippen molar-refractivity contribution in [2.24, 2.45) is 0 Å². The summed E-state index contributed by atoms with van der Waals surface area (Å²) in [5.74, 6) is -0.428. The fraction of sp³-hybridized carbons (Fsp3) is 0.355. The van der Waals surface area contributed by atoms with Crippen molar-refractivity contribution in [2.45, 2.75) is 159 Å². The molecule has 92 heavy (non-hydrogen) atoms. The molecule has 16 heteroatoms. The number of benzene rings is 8. The van der Waals surface area contributed by atoms with E-state index in [9.17, 15) is 9.90 Å². The second kappa shape index (κ2) is 34.5. The van der Waals surface area contributed by atoms with E-state index in [1.807, 2.05) is 250 Å². The zero-order valence-electron chi connectivity index (χ0n) is 52.0. The van der Waals surface area contributed by atoms with E-state index < -0.39 is 98.0 Å². The Labute approximate surface area is 539 Å². The second-order valence-electron chi connectivity index (χ2n) is 23.3. The number of carbonyl (C=O) groups excluding carboxylic acids is 1. The molecule has 0 aliphatic carbocycles. The van der Waals surface area contributed by atoms with Gasteiger partial charge in [0.25, 0.3) is 0 Å². The molecule has 3 aliphatic rings. The molecule has 1 amide bonds. The highest BCUT2D eigenvalue weighted by molar-refractivity contribution is 5.73. The van der Waals surface area contributed by atoms with Crippen molar-refractivity contribution in [3.8, 4) is 0 Å². The topological polar surface area (TPSA) is 169 Å². The minimum absolute atomic E-state index is 0.00762. The third-order valence-electron chi connectivity index (χ3n) is 16.4. The van der Waals surface area contributed by atoms with Gasteiger partial charge < -0.3 is 72.0 Å². The predicted octanol–water partition coefficient (Wildman–Crippen LogP) is 11.4. The number of hydrogen-bond acceptors (Lipinski definition) is 15. The molecular weight excluding hydrogens is 1170 g/mol. The van der Waals surface area contributed by atoms with E-state index in [0.29, 0.717) is 0 Å². The molecule has 482 valence electrons. The zero-order chi connectivity index (χ0) is 63.1. The van der Waals surface area contributed by atoms with Crippen molar-refractivity contribution in [1.29, 1.82) is 0 Å². The summed E-state index contributed by atoms with van der Waals surface area (Å²) in [6.07, 6.45) is -14.8. The minimum Gasteiger partial charge on any atom is -0.374 e. The molecule has 0 radical (unpaired) electrons. The van der Waals surface area contributed by atoms with E-state index in [-0.39, 0.29) is 66.1 Å². The smallest absolute Gasteiger partial charge is 0.217 e. The first-order valence-corrected chi connectivity index (χ1v) is 31.7. The van der Waals surface area contributed by atoms with Gasteiger partial charge in [-0.05, 0) is 51.4 Å². The van der Waals surface area contributed by atoms with Crippen LogP contribution in [0.25, 0.3) is 0 Å². The van der Waals surface area contributed by atoms with E-state index in [0.717, 1.165) is 44.5 Å². The van der Waals surface area contributed by atoms with E-state index in [4.69, 9.17) is 61.6 Å². The summed E-state index contributed by atoms with van der Waals surface area (Å²) in [7, 11) is 0. The van der Waals surface area contributed by atoms with Gasteiger partial charge in [-0.1, -0.05) is 243 Å². The standard InChI is InChI=1S/C76H83NO15/c1-53-66(82-45-57-31-15-5-16-32-57)70(85-48-60-37-21-8-22-38-60)72(87-50-62-41-25-10-26-42-62)75(88-53)92-73-71(86-49-61-39-23-9-24-40-61)67(83-46-58-33-17-6-18-34-58)63(51-80-43-55-27-11-3-12-28-55)90-76(73)91-68-64(52-81-44-56-29-13-4-14-30-56)89-74(79)65(77-54(2)78)69(68)84-47-59-35-19-7-20-36-59/h3-42,53,63-76,79H,43-52H2,1-2H3,(H,77,78)/t53-,63+,64+,65+,66+,67-,68+,69+,70+,71-,72-,73+,74+,75-,76-/m1/s1. The van der Waals surface area contributed by atoms with Crippen LogP contribution in [-0.4, -0.2) is 116 Å². The van der Waals surface area contributed by atoms with Gasteiger partial charge >= 0.3 is 0 Å². The van der Waals surface area contributed by atoms with Gasteiger partial charge in [-0.25, -0.2) is 0 Å². The van der Waals surface area contributed by atoms with Crippen molar-refractivity contribution < 1.29 is 71.5 Å². The average Bonchev–Trinajstić information content (AvgIpc) is 0.812. The molecule has 0 aromatic heterocycles. The fourth-order valence-electron chi connectivity index (χ4n) is 11.8. The van der Waals surface area contributed by atoms with E-state index in [1.54, 1.807) is 0 Å². The van der Waals surface area contributed by atoms with Crippen molar-refractivity contribution in [2.75, 3.05) is 13.2 Å². The van der Waals surface area contributed by atoms with Crippen molar-refractivity contribution >= 4 is 5.91 Å². The monoisotopic (exact) mass is 1250 g/mol. The predicted molar refractivity (Wildman–Crippen MR) is 344 cm³/mol. The van der Waals surface area contributed by atoms with Gasteiger partial charge in [0, 0.05) is 6.92 Å². The number of hydrogen-bond donors (Lipinski definition) is 2. The molecule has 3 fully saturated rings. The average molecular weight is 1250 g/mol. The third kappa shape index (κ3) is 18.9.